The summed E-state index contributed by atoms with van der Waals surface area (Å²) in [5.41, 5.74) is 19.3. The summed E-state index contributed by atoms with van der Waals surface area (Å²) in [6.45, 7) is 3.62. The van der Waals surface area contributed by atoms with Crippen molar-refractivity contribution in [2.75, 3.05) is 39.3 Å². The van der Waals surface area contributed by atoms with Crippen LogP contribution in [0, 0.1) is 0 Å². The average Bonchev–Trinajstić information content (AvgIpc) is 3.15. The Balaban J connectivity index is 1.50. The van der Waals surface area contributed by atoms with Crippen LogP contribution in [0.5, 0.6) is 0 Å². The van der Waals surface area contributed by atoms with Gasteiger partial charge in [-0.1, -0.05) is 74.2 Å². The molecule has 0 saturated heterocycles. The van der Waals surface area contributed by atoms with Crippen LogP contribution in [0.1, 0.15) is 79.2 Å². The Labute approximate surface area is 321 Å². The summed E-state index contributed by atoms with van der Waals surface area (Å²) in [6, 6.07) is 11.8. The van der Waals surface area contributed by atoms with Gasteiger partial charge in [0.05, 0.1) is 24.9 Å². The molecule has 54 heavy (non-hydrogen) atoms. The zero-order valence-corrected chi connectivity index (χ0v) is 31.7. The standard InChI is InChI=1S/C38H57ClN8O7/c1-2-3-4-7-16-47(22-29(49)34(51)35(52)30(50)23-48)17-8-15-43-28(37(41)53)20-25-11-13-26-18-24(10-12-27(26)19-25)9-5-6-14-44-36(40)32-33(38(42)54)46-31(39)21-45-32/h10-13,18-19,21,28-30,34-35,43,48-52H,2-9,14-17,20,22-23H2,1H3,(H2,40,44)(H2,41,53)(H2,42,54)/t28-,29-,30+,34+,35+/m0/s1. The van der Waals surface area contributed by atoms with Gasteiger partial charge in [0.2, 0.25) is 5.91 Å². The van der Waals surface area contributed by atoms with Crippen molar-refractivity contribution in [2.45, 2.75) is 95.2 Å². The topological polar surface area (TPSA) is 267 Å². The van der Waals surface area contributed by atoms with Crippen molar-refractivity contribution < 1.29 is 35.1 Å². The van der Waals surface area contributed by atoms with E-state index in [9.17, 15) is 30.0 Å². The molecule has 1 aromatic heterocycles. The predicted octanol–water partition coefficient (Wildman–Crippen LogP) is 0.805. The average molecular weight is 773 g/mol. The second kappa shape index (κ2) is 23.2. The highest BCUT2D eigenvalue weighted by molar-refractivity contribution is 6.29. The van der Waals surface area contributed by atoms with Crippen LogP contribution in [0.15, 0.2) is 47.6 Å². The summed E-state index contributed by atoms with van der Waals surface area (Å²) in [5, 5.41) is 55.1. The summed E-state index contributed by atoms with van der Waals surface area (Å²) in [7, 11) is 0. The number of fused-ring (bicyclic) bond motifs is 1. The number of rotatable bonds is 26. The van der Waals surface area contributed by atoms with Crippen molar-refractivity contribution in [1.29, 1.82) is 0 Å². The first kappa shape index (κ1) is 44.6. The molecule has 1 heterocycles. The van der Waals surface area contributed by atoms with E-state index >= 15 is 0 Å². The number of carbonyl (C=O) groups is 2. The van der Waals surface area contributed by atoms with Crippen LogP contribution in [-0.4, -0.2) is 128 Å². The molecule has 0 unspecified atom stereocenters. The molecule has 3 rings (SSSR count). The molecule has 0 aliphatic rings. The number of aliphatic hydroxyl groups excluding tert-OH is 5. The molecule has 0 saturated carbocycles. The van der Waals surface area contributed by atoms with E-state index in [0.717, 1.165) is 61.3 Å². The van der Waals surface area contributed by atoms with Gasteiger partial charge in [0.25, 0.3) is 5.91 Å². The van der Waals surface area contributed by atoms with Crippen LogP contribution in [0.4, 0.5) is 0 Å². The molecule has 298 valence electrons. The van der Waals surface area contributed by atoms with Crippen LogP contribution < -0.4 is 22.5 Å². The van der Waals surface area contributed by atoms with Crippen molar-refractivity contribution in [3.63, 3.8) is 0 Å². The minimum absolute atomic E-state index is 0.0367. The molecule has 5 atom stereocenters. The molecular formula is C38H57ClN8O7. The molecule has 15 nitrogen and oxygen atoms in total. The maximum absolute atomic E-state index is 12.4. The molecular weight excluding hydrogens is 716 g/mol. The largest absolute Gasteiger partial charge is 0.394 e. The van der Waals surface area contributed by atoms with Gasteiger partial charge in [0.15, 0.2) is 5.69 Å². The van der Waals surface area contributed by atoms with E-state index in [4.69, 9.17) is 33.9 Å². The number of nitrogens with one attached hydrogen (secondary N) is 1. The molecule has 0 bridgehead atoms. The van der Waals surface area contributed by atoms with Crippen molar-refractivity contribution >= 4 is 40.0 Å². The van der Waals surface area contributed by atoms with Gasteiger partial charge >= 0.3 is 0 Å². The van der Waals surface area contributed by atoms with Gasteiger partial charge in [-0.3, -0.25) is 14.6 Å². The first-order chi connectivity index (χ1) is 25.8. The number of aryl methyl sites for hydroxylation is 1. The summed E-state index contributed by atoms with van der Waals surface area (Å²) in [4.78, 5) is 38.3. The SMILES string of the molecule is CCCCCCN(CCCN[C@@H](Cc1ccc2cc(CCCCN=C(N)c3ncc(Cl)nc3C(N)=O)ccc2c1)C(N)=O)C[C@H](O)[C@@H](O)[C@H](O)[C@H](O)CO. The van der Waals surface area contributed by atoms with E-state index < -0.39 is 48.9 Å². The molecule has 0 aliphatic carbocycles. The van der Waals surface area contributed by atoms with Gasteiger partial charge in [0, 0.05) is 13.1 Å². The summed E-state index contributed by atoms with van der Waals surface area (Å²) in [6.07, 6.45) is 2.67. The fourth-order valence-electron chi connectivity index (χ4n) is 6.15. The normalized spacial score (nSPS) is 14.9. The Bertz CT molecular complexity index is 1670. The first-order valence-electron chi connectivity index (χ1n) is 18.6. The molecule has 0 aliphatic heterocycles. The number of nitrogens with two attached hydrogens (primary N) is 3. The molecule has 3 aromatic rings. The molecule has 12 N–H and O–H groups in total. The van der Waals surface area contributed by atoms with Crippen LogP contribution >= 0.6 is 11.6 Å². The van der Waals surface area contributed by atoms with E-state index in [1.165, 1.54) is 11.8 Å². The lowest BCUT2D eigenvalue weighted by Crippen LogP contribution is -2.50. The maximum atomic E-state index is 12.4. The second-order valence-electron chi connectivity index (χ2n) is 13.6. The zero-order chi connectivity index (χ0) is 39.6. The van der Waals surface area contributed by atoms with Gasteiger partial charge in [-0.15, -0.1) is 0 Å². The Morgan fingerprint density at radius 1 is 0.870 bits per heavy atom. The fourth-order valence-corrected chi connectivity index (χ4v) is 6.28. The zero-order valence-electron chi connectivity index (χ0n) is 31.0. The number of amides is 2. The van der Waals surface area contributed by atoms with Crippen LogP contribution in [0.2, 0.25) is 5.15 Å². The fraction of sp³-hybridized carbons (Fsp3) is 0.553. The predicted molar refractivity (Wildman–Crippen MR) is 209 cm³/mol. The third kappa shape index (κ3) is 14.5. The van der Waals surface area contributed by atoms with Crippen LogP contribution in [-0.2, 0) is 17.6 Å². The monoisotopic (exact) mass is 772 g/mol. The lowest BCUT2D eigenvalue weighted by atomic mass is 9.98. The van der Waals surface area contributed by atoms with Gasteiger partial charge in [0.1, 0.15) is 35.0 Å². The van der Waals surface area contributed by atoms with Crippen molar-refractivity contribution in [3.05, 3.63) is 70.3 Å². The highest BCUT2D eigenvalue weighted by atomic mass is 35.5. The number of halogens is 1. The van der Waals surface area contributed by atoms with Gasteiger partial charge in [-0.25, -0.2) is 9.97 Å². The lowest BCUT2D eigenvalue weighted by molar-refractivity contribution is -0.120. The highest BCUT2D eigenvalue weighted by Crippen LogP contribution is 2.20. The number of primary amides is 2. The Morgan fingerprint density at radius 2 is 1.54 bits per heavy atom. The molecule has 0 radical (unpaired) electrons. The number of aliphatic hydroxyl groups is 5. The van der Waals surface area contributed by atoms with Crippen molar-refractivity contribution in [1.82, 2.24) is 20.2 Å². The number of aromatic nitrogens is 2. The Kier molecular flexibility index (Phi) is 19.2. The lowest BCUT2D eigenvalue weighted by Gasteiger charge is -2.30. The molecule has 2 amide bonds. The van der Waals surface area contributed by atoms with Crippen molar-refractivity contribution in [3.8, 4) is 0 Å². The number of amidine groups is 1. The maximum Gasteiger partial charge on any atom is 0.269 e. The number of benzene rings is 2. The van der Waals surface area contributed by atoms with Crippen LogP contribution in [0.3, 0.4) is 0 Å². The minimum atomic E-state index is -1.68. The van der Waals surface area contributed by atoms with Crippen molar-refractivity contribution in [2.24, 2.45) is 22.2 Å². The molecule has 0 fully saturated rings. The number of aliphatic imine (C=N–C) groups is 1. The quantitative estimate of drug-likeness (QED) is 0.0312. The Morgan fingerprint density at radius 3 is 2.20 bits per heavy atom. The smallest absolute Gasteiger partial charge is 0.269 e. The summed E-state index contributed by atoms with van der Waals surface area (Å²) in [5.74, 6) is -1.17. The number of nitrogens with zero attached hydrogens (tertiary/aromatic N) is 4. The number of hydrogen-bond donors (Lipinski definition) is 9. The summed E-state index contributed by atoms with van der Waals surface area (Å²) >= 11 is 5.82. The number of hydrogen-bond acceptors (Lipinski definition) is 12. The van der Waals surface area contributed by atoms with E-state index in [1.807, 2.05) is 17.0 Å². The highest BCUT2D eigenvalue weighted by Gasteiger charge is 2.31. The van der Waals surface area contributed by atoms with Crippen LogP contribution in [0.25, 0.3) is 10.8 Å². The number of carbonyl (C=O) groups excluding carboxylic acids is 2. The van der Waals surface area contributed by atoms with Gasteiger partial charge in [-0.2, -0.15) is 0 Å². The Hall–Kier alpha value is -3.80. The second-order valence-corrected chi connectivity index (χ2v) is 14.0. The third-order valence-corrected chi connectivity index (χ3v) is 9.45. The molecule has 2 aromatic carbocycles. The van der Waals surface area contributed by atoms with E-state index in [-0.39, 0.29) is 28.9 Å². The number of unbranched alkanes of at least 4 members (excludes halogenated alkanes) is 4. The van der Waals surface area contributed by atoms with E-state index in [1.54, 1.807) is 0 Å². The molecule has 16 heteroatoms. The third-order valence-electron chi connectivity index (χ3n) is 9.27. The minimum Gasteiger partial charge on any atom is -0.394 e. The van der Waals surface area contributed by atoms with Gasteiger partial charge in [-0.05, 0) is 80.1 Å². The molecule has 0 spiro atoms. The van der Waals surface area contributed by atoms with Gasteiger partial charge < -0.3 is 53.0 Å². The van der Waals surface area contributed by atoms with E-state index in [2.05, 4.69) is 51.5 Å². The summed E-state index contributed by atoms with van der Waals surface area (Å²) < 4.78 is 0. The first-order valence-corrected chi connectivity index (χ1v) is 18.9. The van der Waals surface area contributed by atoms with E-state index in [0.29, 0.717) is 39.0 Å².